The number of carbonyl (C=O) groups is 1. The van der Waals surface area contributed by atoms with Crippen molar-refractivity contribution in [2.24, 2.45) is 0 Å². The Balaban J connectivity index is 1.29. The van der Waals surface area contributed by atoms with Gasteiger partial charge in [-0.1, -0.05) is 18.2 Å². The highest BCUT2D eigenvalue weighted by molar-refractivity contribution is 6.02. The Kier molecular flexibility index (Phi) is 5.09. The number of aryl methyl sites for hydroxylation is 2. The molecular formula is C20H22N6O. The second-order valence-corrected chi connectivity index (χ2v) is 6.60. The first-order valence-corrected chi connectivity index (χ1v) is 9.27. The molecule has 2 aromatic heterocycles. The molecule has 0 saturated heterocycles. The van der Waals surface area contributed by atoms with Crippen molar-refractivity contribution >= 4 is 17.4 Å². The maximum Gasteiger partial charge on any atom is 0.276 e. The molecule has 7 heteroatoms. The van der Waals surface area contributed by atoms with Crippen LogP contribution in [0.2, 0.25) is 0 Å². The monoisotopic (exact) mass is 362 g/mol. The first-order chi connectivity index (χ1) is 13.3. The number of aromatic nitrogens is 4. The van der Waals surface area contributed by atoms with Crippen LogP contribution in [0.5, 0.6) is 0 Å². The Labute approximate surface area is 157 Å². The Morgan fingerprint density at radius 3 is 2.74 bits per heavy atom. The van der Waals surface area contributed by atoms with E-state index in [4.69, 9.17) is 4.98 Å². The van der Waals surface area contributed by atoms with E-state index in [9.17, 15) is 4.79 Å². The van der Waals surface area contributed by atoms with Crippen molar-refractivity contribution in [3.05, 3.63) is 65.9 Å². The number of amides is 1. The average Bonchev–Trinajstić information content (AvgIpc) is 3.12. The number of para-hydroxylation sites is 1. The molecule has 0 radical (unpaired) electrons. The normalized spacial score (nSPS) is 13.0. The minimum atomic E-state index is -0.274. The fourth-order valence-corrected chi connectivity index (χ4v) is 3.17. The Morgan fingerprint density at radius 1 is 1.07 bits per heavy atom. The van der Waals surface area contributed by atoms with E-state index in [1.54, 1.807) is 12.1 Å². The van der Waals surface area contributed by atoms with E-state index in [0.717, 1.165) is 37.3 Å². The van der Waals surface area contributed by atoms with Gasteiger partial charge >= 0.3 is 0 Å². The fourth-order valence-electron chi connectivity index (χ4n) is 3.17. The highest BCUT2D eigenvalue weighted by Gasteiger charge is 2.12. The maximum absolute atomic E-state index is 12.2. The lowest BCUT2D eigenvalue weighted by atomic mass is 10.2. The highest BCUT2D eigenvalue weighted by atomic mass is 16.1. The summed E-state index contributed by atoms with van der Waals surface area (Å²) in [5, 5.41) is 14.1. The minimum Gasteiger partial charge on any atom is -0.368 e. The Morgan fingerprint density at radius 2 is 1.96 bits per heavy atom. The predicted molar refractivity (Wildman–Crippen MR) is 104 cm³/mol. The molecule has 1 aromatic carbocycles. The predicted octanol–water partition coefficient (Wildman–Crippen LogP) is 2.92. The van der Waals surface area contributed by atoms with Crippen molar-refractivity contribution in [2.45, 2.75) is 32.2 Å². The molecule has 2 N–H and O–H groups in total. The third-order valence-corrected chi connectivity index (χ3v) is 4.57. The molecule has 0 unspecified atom stereocenters. The molecule has 3 aromatic rings. The number of anilines is 2. The second-order valence-electron chi connectivity index (χ2n) is 6.60. The van der Waals surface area contributed by atoms with Crippen LogP contribution in [0.1, 0.15) is 34.8 Å². The van der Waals surface area contributed by atoms with Crippen LogP contribution in [0.3, 0.4) is 0 Å². The molecule has 27 heavy (non-hydrogen) atoms. The van der Waals surface area contributed by atoms with Gasteiger partial charge in [-0.2, -0.15) is 0 Å². The number of benzene rings is 1. The summed E-state index contributed by atoms with van der Waals surface area (Å²) in [7, 11) is 0. The van der Waals surface area contributed by atoms with Crippen LogP contribution in [0.15, 0.2) is 48.7 Å². The van der Waals surface area contributed by atoms with Crippen LogP contribution >= 0.6 is 0 Å². The molecule has 0 spiro atoms. The molecule has 1 aliphatic rings. The Hall–Kier alpha value is -3.22. The number of nitrogens with zero attached hydrogens (tertiary/aromatic N) is 4. The van der Waals surface area contributed by atoms with E-state index >= 15 is 0 Å². The SMILES string of the molecule is O=C(Nc1ccccc1)c1ccc(NCCc2cn3c(n2)CCCC3)nn1. The summed E-state index contributed by atoms with van der Waals surface area (Å²) in [4.78, 5) is 16.9. The summed E-state index contributed by atoms with van der Waals surface area (Å²) in [5.74, 6) is 1.57. The van der Waals surface area contributed by atoms with Gasteiger partial charge in [-0.15, -0.1) is 10.2 Å². The van der Waals surface area contributed by atoms with Gasteiger partial charge in [0.05, 0.1) is 5.69 Å². The zero-order chi connectivity index (χ0) is 18.5. The van der Waals surface area contributed by atoms with Crippen molar-refractivity contribution in [1.29, 1.82) is 0 Å². The number of rotatable bonds is 6. The molecule has 0 saturated carbocycles. The summed E-state index contributed by atoms with van der Waals surface area (Å²) >= 11 is 0. The first-order valence-electron chi connectivity index (χ1n) is 9.27. The van der Waals surface area contributed by atoms with Gasteiger partial charge in [0.1, 0.15) is 11.6 Å². The van der Waals surface area contributed by atoms with Crippen molar-refractivity contribution in [3.63, 3.8) is 0 Å². The number of fused-ring (bicyclic) bond motifs is 1. The molecule has 0 atom stereocenters. The summed E-state index contributed by atoms with van der Waals surface area (Å²) in [6.07, 6.45) is 6.53. The smallest absolute Gasteiger partial charge is 0.276 e. The van der Waals surface area contributed by atoms with Crippen molar-refractivity contribution in [1.82, 2.24) is 19.7 Å². The zero-order valence-electron chi connectivity index (χ0n) is 15.1. The largest absolute Gasteiger partial charge is 0.368 e. The lowest BCUT2D eigenvalue weighted by Crippen LogP contribution is -2.15. The summed E-state index contributed by atoms with van der Waals surface area (Å²) in [6, 6.07) is 12.7. The lowest BCUT2D eigenvalue weighted by Gasteiger charge is -2.11. The number of carbonyl (C=O) groups excluding carboxylic acids is 1. The van der Waals surface area contributed by atoms with Gasteiger partial charge in [0.15, 0.2) is 5.69 Å². The highest BCUT2D eigenvalue weighted by Crippen LogP contribution is 2.15. The molecule has 1 aliphatic heterocycles. The third kappa shape index (κ3) is 4.31. The number of nitrogens with one attached hydrogen (secondary N) is 2. The number of hydrogen-bond acceptors (Lipinski definition) is 5. The third-order valence-electron chi connectivity index (χ3n) is 4.57. The molecule has 0 bridgehead atoms. The maximum atomic E-state index is 12.2. The van der Waals surface area contributed by atoms with Crippen molar-refractivity contribution < 1.29 is 4.79 Å². The van der Waals surface area contributed by atoms with E-state index in [-0.39, 0.29) is 11.6 Å². The quantitative estimate of drug-likeness (QED) is 0.704. The van der Waals surface area contributed by atoms with Gasteiger partial charge in [0.25, 0.3) is 5.91 Å². The minimum absolute atomic E-state index is 0.274. The molecule has 7 nitrogen and oxygen atoms in total. The van der Waals surface area contributed by atoms with E-state index in [1.807, 2.05) is 30.3 Å². The van der Waals surface area contributed by atoms with E-state index in [0.29, 0.717) is 5.82 Å². The Bertz CT molecular complexity index is 880. The first kappa shape index (κ1) is 17.2. The van der Waals surface area contributed by atoms with Gasteiger partial charge in [-0.3, -0.25) is 4.79 Å². The molecule has 1 amide bonds. The van der Waals surface area contributed by atoms with Gasteiger partial charge in [-0.05, 0) is 37.1 Å². The zero-order valence-corrected chi connectivity index (χ0v) is 15.1. The fraction of sp³-hybridized carbons (Fsp3) is 0.300. The van der Waals surface area contributed by atoms with Crippen LogP contribution in [0, 0.1) is 0 Å². The van der Waals surface area contributed by atoms with E-state index in [2.05, 4.69) is 31.6 Å². The van der Waals surface area contributed by atoms with Gasteiger partial charge in [0.2, 0.25) is 0 Å². The van der Waals surface area contributed by atoms with E-state index < -0.39 is 0 Å². The molecule has 138 valence electrons. The molecule has 3 heterocycles. The van der Waals surface area contributed by atoms with Crippen LogP contribution < -0.4 is 10.6 Å². The lowest BCUT2D eigenvalue weighted by molar-refractivity contribution is 0.102. The van der Waals surface area contributed by atoms with Crippen molar-refractivity contribution in [2.75, 3.05) is 17.2 Å². The number of hydrogen-bond donors (Lipinski definition) is 2. The van der Waals surface area contributed by atoms with Gasteiger partial charge in [0, 0.05) is 37.8 Å². The molecule has 0 fully saturated rings. The van der Waals surface area contributed by atoms with Crippen molar-refractivity contribution in [3.8, 4) is 0 Å². The van der Waals surface area contributed by atoms with E-state index in [1.165, 1.54) is 18.7 Å². The number of imidazole rings is 1. The van der Waals surface area contributed by atoms with Gasteiger partial charge in [-0.25, -0.2) is 4.98 Å². The summed E-state index contributed by atoms with van der Waals surface area (Å²) in [6.45, 7) is 1.80. The second kappa shape index (κ2) is 7.99. The standard InChI is InChI=1S/C20H22N6O/c27-20(23-15-6-2-1-3-7-15)17-9-10-18(25-24-17)21-12-11-16-14-26-13-5-4-8-19(26)22-16/h1-3,6-7,9-10,14H,4-5,8,11-13H2,(H,21,25)(H,23,27). The van der Waals surface area contributed by atoms with Crippen LogP contribution in [0.4, 0.5) is 11.5 Å². The summed E-state index contributed by atoms with van der Waals surface area (Å²) in [5.41, 5.74) is 2.12. The molecular weight excluding hydrogens is 340 g/mol. The molecule has 4 rings (SSSR count). The van der Waals surface area contributed by atoms with Crippen LogP contribution in [-0.2, 0) is 19.4 Å². The summed E-state index contributed by atoms with van der Waals surface area (Å²) < 4.78 is 2.26. The molecule has 0 aliphatic carbocycles. The van der Waals surface area contributed by atoms with Crippen LogP contribution in [0.25, 0.3) is 0 Å². The van der Waals surface area contributed by atoms with Crippen LogP contribution in [-0.4, -0.2) is 32.2 Å². The topological polar surface area (TPSA) is 84.7 Å². The average molecular weight is 362 g/mol. The van der Waals surface area contributed by atoms with Gasteiger partial charge < -0.3 is 15.2 Å².